The number of fused-ring (bicyclic) bond motifs is 2. The fourth-order valence-corrected chi connectivity index (χ4v) is 4.81. The molecule has 1 aliphatic carbocycles. The van der Waals surface area contributed by atoms with Gasteiger partial charge in [0.25, 0.3) is 5.91 Å². The van der Waals surface area contributed by atoms with Gasteiger partial charge in [-0.05, 0) is 48.6 Å². The summed E-state index contributed by atoms with van der Waals surface area (Å²) in [6.07, 6.45) is 6.13. The Hall–Kier alpha value is -3.02. The molecule has 1 saturated carbocycles. The molecule has 0 saturated heterocycles. The first-order valence-electron chi connectivity index (χ1n) is 10.6. The quantitative estimate of drug-likeness (QED) is 0.648. The van der Waals surface area contributed by atoms with Crippen LogP contribution in [0.15, 0.2) is 36.5 Å². The van der Waals surface area contributed by atoms with Gasteiger partial charge in [-0.3, -0.25) is 4.79 Å². The number of nitrogens with one attached hydrogen (secondary N) is 2. The van der Waals surface area contributed by atoms with Gasteiger partial charge in [0, 0.05) is 23.9 Å². The highest BCUT2D eigenvalue weighted by molar-refractivity contribution is 5.98. The first-order valence-corrected chi connectivity index (χ1v) is 10.6. The molecule has 2 N–H and O–H groups in total. The molecule has 1 fully saturated rings. The van der Waals surface area contributed by atoms with Crippen molar-refractivity contribution in [2.75, 3.05) is 6.54 Å². The van der Waals surface area contributed by atoms with Crippen molar-refractivity contribution in [3.63, 3.8) is 0 Å². The molecule has 2 aromatic heterocycles. The summed E-state index contributed by atoms with van der Waals surface area (Å²) in [6.45, 7) is 4.75. The minimum absolute atomic E-state index is 0.00383. The molecule has 5 rings (SSSR count). The zero-order valence-electron chi connectivity index (χ0n) is 17.3. The molecule has 1 aromatic carbocycles. The molecule has 1 aliphatic heterocycles. The monoisotopic (exact) mass is 404 g/mol. The highest BCUT2D eigenvalue weighted by Gasteiger charge is 2.43. The molecule has 0 bridgehead atoms. The molecule has 0 unspecified atom stereocenters. The summed E-state index contributed by atoms with van der Waals surface area (Å²) in [6, 6.07) is 8.87. The Bertz CT molecular complexity index is 1130. The first-order chi connectivity index (χ1) is 14.5. The van der Waals surface area contributed by atoms with E-state index in [-0.39, 0.29) is 23.1 Å². The highest BCUT2D eigenvalue weighted by atomic mass is 19.1. The van der Waals surface area contributed by atoms with Gasteiger partial charge in [0.05, 0.1) is 22.5 Å². The first kappa shape index (κ1) is 19.0. The van der Waals surface area contributed by atoms with Crippen LogP contribution in [0.2, 0.25) is 0 Å². The van der Waals surface area contributed by atoms with Gasteiger partial charge < -0.3 is 10.3 Å². The molecule has 5 nitrogen and oxygen atoms in total. The molecule has 3 aromatic rings. The standard InChI is InChI=1S/C24H25FN4O/c1-14(2)15-5-6-16(18(25)11-15)22-26-10-7-19(29-22)20-12-17-21(28-20)24(8-3-4-9-24)13-27-23(17)30/h5-7,10-12,14,28H,3-4,8-9,13H2,1-2H3,(H,27,30). The lowest BCUT2D eigenvalue weighted by Gasteiger charge is -2.33. The van der Waals surface area contributed by atoms with Crippen molar-refractivity contribution in [3.05, 3.63) is 59.2 Å². The van der Waals surface area contributed by atoms with E-state index in [4.69, 9.17) is 0 Å². The van der Waals surface area contributed by atoms with Crippen molar-refractivity contribution in [2.45, 2.75) is 50.9 Å². The third-order valence-electron chi connectivity index (χ3n) is 6.57. The summed E-state index contributed by atoms with van der Waals surface area (Å²) in [5.41, 5.74) is 4.46. The lowest BCUT2D eigenvalue weighted by molar-refractivity contribution is 0.0924. The Labute approximate surface area is 175 Å². The van der Waals surface area contributed by atoms with Crippen LogP contribution in [0.1, 0.15) is 67.1 Å². The summed E-state index contributed by atoms with van der Waals surface area (Å²) in [5.74, 6) is 0.219. The smallest absolute Gasteiger partial charge is 0.253 e. The van der Waals surface area contributed by atoms with Crippen LogP contribution in [0, 0.1) is 5.82 Å². The van der Waals surface area contributed by atoms with E-state index in [2.05, 4.69) is 20.3 Å². The Morgan fingerprint density at radius 1 is 1.10 bits per heavy atom. The number of amides is 1. The predicted octanol–water partition coefficient (Wildman–Crippen LogP) is 4.96. The third-order valence-corrected chi connectivity index (χ3v) is 6.57. The number of rotatable bonds is 3. The maximum Gasteiger partial charge on any atom is 0.253 e. The van der Waals surface area contributed by atoms with Crippen molar-refractivity contribution in [3.8, 4) is 22.8 Å². The van der Waals surface area contributed by atoms with E-state index in [1.165, 1.54) is 12.8 Å². The van der Waals surface area contributed by atoms with Crippen LogP contribution in [0.3, 0.4) is 0 Å². The Balaban J connectivity index is 1.55. The molecule has 30 heavy (non-hydrogen) atoms. The molecule has 154 valence electrons. The van der Waals surface area contributed by atoms with E-state index in [1.54, 1.807) is 24.4 Å². The summed E-state index contributed by atoms with van der Waals surface area (Å²) >= 11 is 0. The second-order valence-electron chi connectivity index (χ2n) is 8.80. The Morgan fingerprint density at radius 3 is 2.63 bits per heavy atom. The van der Waals surface area contributed by atoms with Crippen LogP contribution in [-0.4, -0.2) is 27.4 Å². The second-order valence-corrected chi connectivity index (χ2v) is 8.80. The van der Waals surface area contributed by atoms with Crippen molar-refractivity contribution in [2.24, 2.45) is 0 Å². The number of benzene rings is 1. The molecule has 1 spiro atoms. The van der Waals surface area contributed by atoms with Crippen LogP contribution in [0.4, 0.5) is 4.39 Å². The maximum atomic E-state index is 14.7. The fourth-order valence-electron chi connectivity index (χ4n) is 4.81. The lowest BCUT2D eigenvalue weighted by atomic mass is 9.78. The number of nitrogens with zero attached hydrogens (tertiary/aromatic N) is 2. The van der Waals surface area contributed by atoms with E-state index >= 15 is 0 Å². The largest absolute Gasteiger partial charge is 0.356 e. The second kappa shape index (κ2) is 7.04. The topological polar surface area (TPSA) is 70.7 Å². The fraction of sp³-hybridized carbons (Fsp3) is 0.375. The van der Waals surface area contributed by atoms with E-state index in [0.29, 0.717) is 29.2 Å². The van der Waals surface area contributed by atoms with Gasteiger partial charge in [-0.2, -0.15) is 0 Å². The number of H-pyrrole nitrogens is 1. The van der Waals surface area contributed by atoms with Gasteiger partial charge in [0.1, 0.15) is 5.82 Å². The summed E-state index contributed by atoms with van der Waals surface area (Å²) in [4.78, 5) is 24.9. The molecule has 2 aliphatic rings. The van der Waals surface area contributed by atoms with Gasteiger partial charge in [-0.25, -0.2) is 14.4 Å². The van der Waals surface area contributed by atoms with Crippen LogP contribution < -0.4 is 5.32 Å². The number of aromatic nitrogens is 3. The summed E-state index contributed by atoms with van der Waals surface area (Å²) in [7, 11) is 0. The van der Waals surface area contributed by atoms with Crippen LogP contribution in [0.5, 0.6) is 0 Å². The van der Waals surface area contributed by atoms with Crippen LogP contribution in [-0.2, 0) is 5.41 Å². The Kier molecular flexibility index (Phi) is 4.45. The maximum absolute atomic E-state index is 14.7. The molecular formula is C24H25FN4O. The van der Waals surface area contributed by atoms with Crippen LogP contribution >= 0.6 is 0 Å². The zero-order chi connectivity index (χ0) is 20.9. The van der Waals surface area contributed by atoms with Gasteiger partial charge in [-0.1, -0.05) is 32.8 Å². The number of hydrogen-bond acceptors (Lipinski definition) is 3. The van der Waals surface area contributed by atoms with Gasteiger partial charge in [-0.15, -0.1) is 0 Å². The van der Waals surface area contributed by atoms with Gasteiger partial charge >= 0.3 is 0 Å². The Morgan fingerprint density at radius 2 is 1.90 bits per heavy atom. The molecule has 0 radical (unpaired) electrons. The number of halogens is 1. The lowest BCUT2D eigenvalue weighted by Crippen LogP contribution is -2.45. The van der Waals surface area contributed by atoms with Crippen molar-refractivity contribution in [1.82, 2.24) is 20.3 Å². The molecule has 0 atom stereocenters. The minimum atomic E-state index is -0.326. The SMILES string of the molecule is CC(C)c1ccc(-c2nccc(-c3cc4c([nH]3)C3(CCCC3)CNC4=O)n2)c(F)c1. The van der Waals surface area contributed by atoms with E-state index < -0.39 is 0 Å². The van der Waals surface area contributed by atoms with Gasteiger partial charge in [0.2, 0.25) is 0 Å². The van der Waals surface area contributed by atoms with Crippen molar-refractivity contribution >= 4 is 5.91 Å². The van der Waals surface area contributed by atoms with Crippen molar-refractivity contribution < 1.29 is 9.18 Å². The average molecular weight is 404 g/mol. The summed E-state index contributed by atoms with van der Waals surface area (Å²) < 4.78 is 14.7. The molecule has 3 heterocycles. The average Bonchev–Trinajstić information content (AvgIpc) is 3.40. The number of carbonyl (C=O) groups excluding carboxylic acids is 1. The summed E-state index contributed by atoms with van der Waals surface area (Å²) in [5, 5.41) is 3.05. The van der Waals surface area contributed by atoms with Crippen molar-refractivity contribution in [1.29, 1.82) is 0 Å². The molecule has 6 heteroatoms. The normalized spacial score (nSPS) is 17.4. The van der Waals surface area contributed by atoms with E-state index in [1.807, 2.05) is 26.0 Å². The third kappa shape index (κ3) is 3.02. The van der Waals surface area contributed by atoms with E-state index in [9.17, 15) is 9.18 Å². The zero-order valence-corrected chi connectivity index (χ0v) is 17.3. The molecule has 1 amide bonds. The number of aromatic amines is 1. The minimum Gasteiger partial charge on any atom is -0.356 e. The highest BCUT2D eigenvalue weighted by Crippen LogP contribution is 2.44. The predicted molar refractivity (Wildman–Crippen MR) is 114 cm³/mol. The number of hydrogen-bond donors (Lipinski definition) is 2. The molecular weight excluding hydrogens is 379 g/mol. The van der Waals surface area contributed by atoms with Crippen LogP contribution in [0.25, 0.3) is 22.8 Å². The van der Waals surface area contributed by atoms with Gasteiger partial charge in [0.15, 0.2) is 5.82 Å². The van der Waals surface area contributed by atoms with E-state index in [0.717, 1.165) is 29.8 Å². The number of carbonyl (C=O) groups is 1.